The van der Waals surface area contributed by atoms with Gasteiger partial charge in [-0.05, 0) is 41.6 Å². The highest BCUT2D eigenvalue weighted by Gasteiger charge is 2.01. The predicted molar refractivity (Wildman–Crippen MR) is 85.1 cm³/mol. The van der Waals surface area contributed by atoms with E-state index in [1.807, 2.05) is 24.3 Å². The molecule has 0 unspecified atom stereocenters. The molecule has 0 aliphatic carbocycles. The first kappa shape index (κ1) is 16.5. The van der Waals surface area contributed by atoms with Crippen molar-refractivity contribution in [2.45, 2.75) is 4.90 Å². The number of thioether (sulfide) groups is 1. The molecule has 3 aromatic rings. The highest BCUT2D eigenvalue weighted by atomic mass is 32.2. The maximum atomic E-state index is 8.12. The Morgan fingerprint density at radius 3 is 2.04 bits per heavy atom. The summed E-state index contributed by atoms with van der Waals surface area (Å²) in [5.41, 5.74) is 2.35. The maximum absolute atomic E-state index is 8.12. The fourth-order valence-corrected chi connectivity index (χ4v) is 2.27. The van der Waals surface area contributed by atoms with Crippen molar-refractivity contribution < 1.29 is 14.3 Å². The van der Waals surface area contributed by atoms with E-state index in [1.54, 1.807) is 11.8 Å². The Balaban J connectivity index is 0.000000595. The molecular weight excluding hydrogens is 314 g/mol. The Hall–Kier alpha value is -2.89. The molecule has 0 saturated heterocycles. The second kappa shape index (κ2) is 8.53. The SMILES string of the molecule is CSc1ccc(-c2ccc(Oc3cn[nH]n3)cc2)cc1.O=C=O. The second-order valence-corrected chi connectivity index (χ2v) is 5.13. The lowest BCUT2D eigenvalue weighted by Gasteiger charge is -2.05. The standard InChI is InChI=1S/C15H13N3OS.CO2/c1-20-14-8-4-12(5-9-14)11-2-6-13(7-3-11)19-15-10-16-18-17-15;2-1-3/h2-10H,1H3,(H,16,17,18);. The summed E-state index contributed by atoms with van der Waals surface area (Å²) in [7, 11) is 0. The van der Waals surface area contributed by atoms with Gasteiger partial charge in [0.2, 0.25) is 0 Å². The van der Waals surface area contributed by atoms with E-state index >= 15 is 0 Å². The quantitative estimate of drug-likeness (QED) is 0.739. The van der Waals surface area contributed by atoms with Gasteiger partial charge in [-0.1, -0.05) is 24.3 Å². The summed E-state index contributed by atoms with van der Waals surface area (Å²) in [5.74, 6) is 1.20. The molecule has 6 nitrogen and oxygen atoms in total. The Morgan fingerprint density at radius 2 is 1.57 bits per heavy atom. The van der Waals surface area contributed by atoms with Crippen molar-refractivity contribution in [2.75, 3.05) is 6.26 Å². The number of nitrogens with zero attached hydrogens (tertiary/aromatic N) is 2. The second-order valence-electron chi connectivity index (χ2n) is 4.25. The van der Waals surface area contributed by atoms with E-state index in [4.69, 9.17) is 14.3 Å². The van der Waals surface area contributed by atoms with Crippen LogP contribution in [0.4, 0.5) is 0 Å². The summed E-state index contributed by atoms with van der Waals surface area (Å²) in [6.07, 6.45) is 3.86. The third kappa shape index (κ3) is 4.81. The van der Waals surface area contributed by atoms with Crippen LogP contribution in [0.1, 0.15) is 0 Å². The van der Waals surface area contributed by atoms with Crippen LogP contribution < -0.4 is 4.74 Å². The van der Waals surface area contributed by atoms with Crippen molar-refractivity contribution in [1.29, 1.82) is 0 Å². The van der Waals surface area contributed by atoms with Crippen LogP contribution in [-0.4, -0.2) is 27.8 Å². The van der Waals surface area contributed by atoms with Crippen LogP contribution in [0.25, 0.3) is 11.1 Å². The molecule has 23 heavy (non-hydrogen) atoms. The van der Waals surface area contributed by atoms with E-state index in [9.17, 15) is 0 Å². The van der Waals surface area contributed by atoms with Crippen molar-refractivity contribution >= 4 is 17.9 Å². The minimum atomic E-state index is 0.250. The molecule has 116 valence electrons. The average molecular weight is 327 g/mol. The van der Waals surface area contributed by atoms with Crippen LogP contribution in [0.5, 0.6) is 11.6 Å². The summed E-state index contributed by atoms with van der Waals surface area (Å²) in [4.78, 5) is 17.5. The fourth-order valence-electron chi connectivity index (χ4n) is 1.86. The van der Waals surface area contributed by atoms with Gasteiger partial charge in [0.1, 0.15) is 11.9 Å². The lowest BCUT2D eigenvalue weighted by Crippen LogP contribution is -1.84. The zero-order chi connectivity index (χ0) is 16.5. The number of aromatic amines is 1. The lowest BCUT2D eigenvalue weighted by atomic mass is 10.1. The number of aromatic nitrogens is 3. The van der Waals surface area contributed by atoms with Crippen LogP contribution >= 0.6 is 11.8 Å². The van der Waals surface area contributed by atoms with Gasteiger partial charge in [-0.2, -0.15) is 19.9 Å². The molecule has 0 spiro atoms. The lowest BCUT2D eigenvalue weighted by molar-refractivity contribution is -0.191. The third-order valence-electron chi connectivity index (χ3n) is 2.89. The molecule has 0 aliphatic rings. The Morgan fingerprint density at radius 1 is 1.00 bits per heavy atom. The first-order valence-corrected chi connectivity index (χ1v) is 7.76. The molecule has 3 rings (SSSR count). The molecule has 0 radical (unpaired) electrons. The molecule has 1 heterocycles. The van der Waals surface area contributed by atoms with Crippen LogP contribution in [0, 0.1) is 0 Å². The molecule has 0 bridgehead atoms. The van der Waals surface area contributed by atoms with Crippen LogP contribution in [0.3, 0.4) is 0 Å². The number of rotatable bonds is 4. The summed E-state index contributed by atoms with van der Waals surface area (Å²) >= 11 is 1.74. The van der Waals surface area contributed by atoms with Crippen LogP contribution in [0.15, 0.2) is 59.6 Å². The highest BCUT2D eigenvalue weighted by molar-refractivity contribution is 7.98. The topological polar surface area (TPSA) is 84.9 Å². The van der Waals surface area contributed by atoms with Crippen molar-refractivity contribution in [3.63, 3.8) is 0 Å². The summed E-state index contributed by atoms with van der Waals surface area (Å²) in [5, 5.41) is 10.1. The van der Waals surface area contributed by atoms with Crippen molar-refractivity contribution in [2.24, 2.45) is 0 Å². The molecule has 0 amide bonds. The van der Waals surface area contributed by atoms with Gasteiger partial charge in [-0.25, -0.2) is 0 Å². The molecule has 0 aliphatic heterocycles. The van der Waals surface area contributed by atoms with Gasteiger partial charge in [0.05, 0.1) is 0 Å². The largest absolute Gasteiger partial charge is 0.436 e. The van der Waals surface area contributed by atoms with Crippen LogP contribution in [-0.2, 0) is 9.59 Å². The van der Waals surface area contributed by atoms with Crippen molar-refractivity contribution in [3.05, 3.63) is 54.7 Å². The van der Waals surface area contributed by atoms with Gasteiger partial charge in [0.15, 0.2) is 0 Å². The molecule has 0 atom stereocenters. The minimum absolute atomic E-state index is 0.250. The van der Waals surface area contributed by atoms with Gasteiger partial charge in [-0.3, -0.25) is 0 Å². The minimum Gasteiger partial charge on any atom is -0.436 e. The molecule has 0 fully saturated rings. The zero-order valence-corrected chi connectivity index (χ0v) is 13.0. The number of carbonyl (C=O) groups excluding carboxylic acids is 2. The Labute approximate surface area is 136 Å². The Bertz CT molecular complexity index is 750. The van der Waals surface area contributed by atoms with Crippen molar-refractivity contribution in [1.82, 2.24) is 15.4 Å². The monoisotopic (exact) mass is 327 g/mol. The first-order chi connectivity index (χ1) is 11.3. The van der Waals surface area contributed by atoms with E-state index in [0.717, 1.165) is 11.3 Å². The van der Waals surface area contributed by atoms with Crippen molar-refractivity contribution in [3.8, 4) is 22.8 Å². The number of hydrogen-bond acceptors (Lipinski definition) is 6. The molecule has 1 aromatic heterocycles. The summed E-state index contributed by atoms with van der Waals surface area (Å²) < 4.78 is 5.54. The van der Waals surface area contributed by atoms with E-state index < -0.39 is 0 Å². The van der Waals surface area contributed by atoms with E-state index in [2.05, 4.69) is 45.9 Å². The van der Waals surface area contributed by atoms with E-state index in [1.165, 1.54) is 16.7 Å². The third-order valence-corrected chi connectivity index (χ3v) is 3.64. The van der Waals surface area contributed by atoms with Gasteiger partial charge in [0.25, 0.3) is 5.88 Å². The molecule has 1 N–H and O–H groups in total. The summed E-state index contributed by atoms with van der Waals surface area (Å²) in [6, 6.07) is 16.4. The normalized spacial score (nSPS) is 9.43. The van der Waals surface area contributed by atoms with Gasteiger partial charge in [0, 0.05) is 4.90 Å². The van der Waals surface area contributed by atoms with E-state index in [0.29, 0.717) is 5.88 Å². The molecule has 7 heteroatoms. The average Bonchev–Trinajstić information content (AvgIpc) is 3.09. The number of H-pyrrole nitrogens is 1. The van der Waals surface area contributed by atoms with Gasteiger partial charge in [-0.15, -0.1) is 16.9 Å². The number of ether oxygens (including phenoxy) is 1. The number of nitrogens with one attached hydrogen (secondary N) is 1. The van der Waals surface area contributed by atoms with Gasteiger partial charge < -0.3 is 4.74 Å². The smallest absolute Gasteiger partial charge is 0.373 e. The first-order valence-electron chi connectivity index (χ1n) is 6.54. The summed E-state index contributed by atoms with van der Waals surface area (Å²) in [6.45, 7) is 0. The molecule has 2 aromatic carbocycles. The highest BCUT2D eigenvalue weighted by Crippen LogP contribution is 2.26. The van der Waals surface area contributed by atoms with E-state index in [-0.39, 0.29) is 6.15 Å². The van der Waals surface area contributed by atoms with Crippen LogP contribution in [0.2, 0.25) is 0 Å². The number of hydrogen-bond donors (Lipinski definition) is 1. The Kier molecular flexibility index (Phi) is 6.11. The zero-order valence-electron chi connectivity index (χ0n) is 12.2. The number of benzene rings is 2. The predicted octanol–water partition coefficient (Wildman–Crippen LogP) is 3.40. The maximum Gasteiger partial charge on any atom is 0.373 e. The molecular formula is C16H13N3O3S. The van der Waals surface area contributed by atoms with Gasteiger partial charge >= 0.3 is 6.15 Å². The molecule has 0 saturated carbocycles. The fraction of sp³-hybridized carbons (Fsp3) is 0.0625.